The number of hydrogen-bond donors (Lipinski definition) is 1. The summed E-state index contributed by atoms with van der Waals surface area (Å²) in [6.45, 7) is 8.60. The van der Waals surface area contributed by atoms with Crippen LogP contribution in [0.4, 0.5) is 4.39 Å². The van der Waals surface area contributed by atoms with Gasteiger partial charge in [-0.2, -0.15) is 0 Å². The molecule has 0 bridgehead atoms. The van der Waals surface area contributed by atoms with Gasteiger partial charge >= 0.3 is 0 Å². The molecule has 1 aromatic rings. The lowest BCUT2D eigenvalue weighted by Gasteiger charge is -2.34. The van der Waals surface area contributed by atoms with Gasteiger partial charge < -0.3 is 5.32 Å². The molecule has 1 aromatic carbocycles. The standard InChI is InChI=1S/C12H16FN.C3H8/c1-12(7-2-8-14-9-12)10-3-5-11(13)6-4-10;1-3-2/h3-6,14H,2,7-9H2,1H3;3H2,1-2H3. The zero-order chi connectivity index (χ0) is 12.7. The van der Waals surface area contributed by atoms with Crippen molar-refractivity contribution in [1.29, 1.82) is 0 Å². The van der Waals surface area contributed by atoms with E-state index in [9.17, 15) is 4.39 Å². The van der Waals surface area contributed by atoms with Gasteiger partial charge in [0.05, 0.1) is 0 Å². The molecular formula is C15H24FN. The third-order valence-electron chi connectivity index (χ3n) is 3.14. The van der Waals surface area contributed by atoms with Crippen molar-refractivity contribution < 1.29 is 4.39 Å². The Morgan fingerprint density at radius 2 is 1.82 bits per heavy atom. The van der Waals surface area contributed by atoms with E-state index in [4.69, 9.17) is 0 Å². The lowest BCUT2D eigenvalue weighted by atomic mass is 9.77. The summed E-state index contributed by atoms with van der Waals surface area (Å²) in [6.07, 6.45) is 3.64. The predicted molar refractivity (Wildman–Crippen MR) is 71.8 cm³/mol. The van der Waals surface area contributed by atoms with Crippen molar-refractivity contribution in [2.75, 3.05) is 13.1 Å². The van der Waals surface area contributed by atoms with Gasteiger partial charge in [0.1, 0.15) is 5.82 Å². The molecular weight excluding hydrogens is 213 g/mol. The van der Waals surface area contributed by atoms with Gasteiger partial charge in [0, 0.05) is 12.0 Å². The second-order valence-corrected chi connectivity index (χ2v) is 5.05. The van der Waals surface area contributed by atoms with Crippen molar-refractivity contribution in [1.82, 2.24) is 5.32 Å². The molecule has 1 atom stereocenters. The Balaban J connectivity index is 0.000000437. The molecule has 0 saturated carbocycles. The van der Waals surface area contributed by atoms with Gasteiger partial charge in [0.2, 0.25) is 0 Å². The van der Waals surface area contributed by atoms with E-state index in [0.717, 1.165) is 13.1 Å². The minimum Gasteiger partial charge on any atom is -0.316 e. The van der Waals surface area contributed by atoms with Crippen LogP contribution >= 0.6 is 0 Å². The Morgan fingerprint density at radius 3 is 2.29 bits per heavy atom. The molecule has 1 heterocycles. The minimum absolute atomic E-state index is 0.152. The molecule has 2 rings (SSSR count). The van der Waals surface area contributed by atoms with Crippen LogP contribution in [0.15, 0.2) is 24.3 Å². The molecule has 0 spiro atoms. The van der Waals surface area contributed by atoms with E-state index >= 15 is 0 Å². The van der Waals surface area contributed by atoms with E-state index in [0.29, 0.717) is 0 Å². The highest BCUT2D eigenvalue weighted by atomic mass is 19.1. The van der Waals surface area contributed by atoms with Crippen molar-refractivity contribution in [2.24, 2.45) is 0 Å². The molecule has 1 N–H and O–H groups in total. The summed E-state index contributed by atoms with van der Waals surface area (Å²) < 4.78 is 12.8. The van der Waals surface area contributed by atoms with Crippen LogP contribution < -0.4 is 5.32 Å². The van der Waals surface area contributed by atoms with Gasteiger partial charge in [-0.15, -0.1) is 0 Å². The van der Waals surface area contributed by atoms with Crippen LogP contribution in [0.3, 0.4) is 0 Å². The van der Waals surface area contributed by atoms with Crippen LogP contribution in [0.2, 0.25) is 0 Å². The molecule has 0 radical (unpaired) electrons. The van der Waals surface area contributed by atoms with Crippen LogP contribution in [0.25, 0.3) is 0 Å². The minimum atomic E-state index is -0.152. The largest absolute Gasteiger partial charge is 0.316 e. The summed E-state index contributed by atoms with van der Waals surface area (Å²) in [5, 5.41) is 3.39. The maximum Gasteiger partial charge on any atom is 0.123 e. The van der Waals surface area contributed by atoms with Crippen LogP contribution in [0.1, 0.15) is 45.6 Å². The Hall–Kier alpha value is -0.890. The molecule has 1 fully saturated rings. The van der Waals surface area contributed by atoms with E-state index in [2.05, 4.69) is 26.1 Å². The maximum absolute atomic E-state index is 12.8. The summed E-state index contributed by atoms with van der Waals surface area (Å²) in [5.74, 6) is -0.152. The molecule has 1 aliphatic heterocycles. The highest BCUT2D eigenvalue weighted by molar-refractivity contribution is 5.26. The first-order chi connectivity index (χ1) is 8.12. The summed E-state index contributed by atoms with van der Waals surface area (Å²) in [7, 11) is 0. The van der Waals surface area contributed by atoms with Gasteiger partial charge in [-0.1, -0.05) is 39.3 Å². The molecule has 0 aromatic heterocycles. The van der Waals surface area contributed by atoms with Crippen LogP contribution in [-0.4, -0.2) is 13.1 Å². The number of piperidine rings is 1. The van der Waals surface area contributed by atoms with Crippen molar-refractivity contribution in [3.8, 4) is 0 Å². The monoisotopic (exact) mass is 237 g/mol. The topological polar surface area (TPSA) is 12.0 Å². The number of nitrogens with one attached hydrogen (secondary N) is 1. The van der Waals surface area contributed by atoms with Crippen LogP contribution in [-0.2, 0) is 5.41 Å². The van der Waals surface area contributed by atoms with Gasteiger partial charge in [-0.25, -0.2) is 4.39 Å². The van der Waals surface area contributed by atoms with Gasteiger partial charge in [0.25, 0.3) is 0 Å². The molecule has 1 nitrogen and oxygen atoms in total. The molecule has 96 valence electrons. The Bertz CT molecular complexity index is 312. The zero-order valence-electron chi connectivity index (χ0n) is 11.2. The van der Waals surface area contributed by atoms with Crippen molar-refractivity contribution in [3.05, 3.63) is 35.6 Å². The summed E-state index contributed by atoms with van der Waals surface area (Å²) in [5.41, 5.74) is 1.43. The van der Waals surface area contributed by atoms with E-state index in [1.807, 2.05) is 12.1 Å². The van der Waals surface area contributed by atoms with E-state index in [1.165, 1.54) is 24.8 Å². The van der Waals surface area contributed by atoms with E-state index in [1.54, 1.807) is 12.1 Å². The molecule has 1 unspecified atom stereocenters. The summed E-state index contributed by atoms with van der Waals surface area (Å²) in [4.78, 5) is 0. The number of rotatable bonds is 1. The average Bonchev–Trinajstić information content (AvgIpc) is 2.31. The third-order valence-corrected chi connectivity index (χ3v) is 3.14. The fraction of sp³-hybridized carbons (Fsp3) is 0.600. The normalized spacial score (nSPS) is 23.8. The van der Waals surface area contributed by atoms with Crippen LogP contribution in [0, 0.1) is 5.82 Å². The summed E-state index contributed by atoms with van der Waals surface area (Å²) in [6, 6.07) is 6.91. The van der Waals surface area contributed by atoms with Gasteiger partial charge in [-0.05, 0) is 37.1 Å². The molecule has 1 saturated heterocycles. The number of hydrogen-bond acceptors (Lipinski definition) is 1. The Labute approximate surface area is 104 Å². The van der Waals surface area contributed by atoms with Crippen LogP contribution in [0.5, 0.6) is 0 Å². The lowest BCUT2D eigenvalue weighted by molar-refractivity contribution is 0.339. The second kappa shape index (κ2) is 6.75. The molecule has 2 heteroatoms. The third kappa shape index (κ3) is 4.12. The first-order valence-electron chi connectivity index (χ1n) is 6.59. The highest BCUT2D eigenvalue weighted by Crippen LogP contribution is 2.30. The van der Waals surface area contributed by atoms with Crippen molar-refractivity contribution in [3.63, 3.8) is 0 Å². The Morgan fingerprint density at radius 1 is 1.24 bits per heavy atom. The van der Waals surface area contributed by atoms with Gasteiger partial charge in [-0.3, -0.25) is 0 Å². The maximum atomic E-state index is 12.8. The zero-order valence-corrected chi connectivity index (χ0v) is 11.2. The molecule has 17 heavy (non-hydrogen) atoms. The average molecular weight is 237 g/mol. The lowest BCUT2D eigenvalue weighted by Crippen LogP contribution is -2.41. The smallest absolute Gasteiger partial charge is 0.123 e. The first-order valence-corrected chi connectivity index (χ1v) is 6.59. The quantitative estimate of drug-likeness (QED) is 0.781. The number of halogens is 1. The molecule has 1 aliphatic rings. The predicted octanol–water partition coefficient (Wildman–Crippen LogP) is 3.88. The van der Waals surface area contributed by atoms with E-state index in [-0.39, 0.29) is 11.2 Å². The second-order valence-electron chi connectivity index (χ2n) is 5.05. The van der Waals surface area contributed by atoms with Crippen molar-refractivity contribution >= 4 is 0 Å². The molecule has 0 amide bonds. The number of benzene rings is 1. The fourth-order valence-corrected chi connectivity index (χ4v) is 2.15. The highest BCUT2D eigenvalue weighted by Gasteiger charge is 2.28. The van der Waals surface area contributed by atoms with E-state index < -0.39 is 0 Å². The van der Waals surface area contributed by atoms with Gasteiger partial charge in [0.15, 0.2) is 0 Å². The van der Waals surface area contributed by atoms with Crippen molar-refractivity contribution in [2.45, 2.75) is 45.4 Å². The SMILES string of the molecule is CC1(c2ccc(F)cc2)CCCNC1.CCC. The first kappa shape index (κ1) is 14.2. The Kier molecular flexibility index (Phi) is 5.63. The molecule has 0 aliphatic carbocycles. The fourth-order valence-electron chi connectivity index (χ4n) is 2.15. The summed E-state index contributed by atoms with van der Waals surface area (Å²) >= 11 is 0.